The van der Waals surface area contributed by atoms with Crippen LogP contribution in [0.1, 0.15) is 168 Å². The van der Waals surface area contributed by atoms with E-state index in [1.807, 2.05) is 0 Å². The molecule has 7 unspecified atom stereocenters. The maximum absolute atomic E-state index is 12.8. The number of hydrogen-bond donors (Lipinski definition) is 6. The lowest BCUT2D eigenvalue weighted by molar-refractivity contribution is -0.302. The van der Waals surface area contributed by atoms with Crippen molar-refractivity contribution in [1.82, 2.24) is 5.32 Å². The molecule has 1 fully saturated rings. The normalized spacial score (nSPS) is 23.2. The Labute approximate surface area is 274 Å². The average molecular weight is 646 g/mol. The first-order valence-corrected chi connectivity index (χ1v) is 18.7. The van der Waals surface area contributed by atoms with Crippen LogP contribution >= 0.6 is 0 Å². The number of aliphatic hydroxyl groups is 5. The molecule has 0 aliphatic carbocycles. The number of carbonyl (C=O) groups is 1. The highest BCUT2D eigenvalue weighted by atomic mass is 16.7. The molecule has 0 aromatic heterocycles. The summed E-state index contributed by atoms with van der Waals surface area (Å²) in [5.41, 5.74) is 0. The summed E-state index contributed by atoms with van der Waals surface area (Å²) in [4.78, 5) is 12.8. The lowest BCUT2D eigenvalue weighted by Crippen LogP contribution is -2.60. The van der Waals surface area contributed by atoms with Crippen molar-refractivity contribution < 1.29 is 39.8 Å². The number of ether oxygens (including phenoxy) is 2. The van der Waals surface area contributed by atoms with Crippen LogP contribution < -0.4 is 5.32 Å². The van der Waals surface area contributed by atoms with Crippen LogP contribution in [-0.4, -0.2) is 87.5 Å². The molecule has 1 amide bonds. The minimum Gasteiger partial charge on any atom is -0.394 e. The van der Waals surface area contributed by atoms with Crippen molar-refractivity contribution in [3.05, 3.63) is 0 Å². The third-order valence-electron chi connectivity index (χ3n) is 9.21. The summed E-state index contributed by atoms with van der Waals surface area (Å²) in [7, 11) is 0. The van der Waals surface area contributed by atoms with Crippen molar-refractivity contribution in [3.63, 3.8) is 0 Å². The van der Waals surface area contributed by atoms with Crippen molar-refractivity contribution in [2.24, 2.45) is 0 Å². The summed E-state index contributed by atoms with van der Waals surface area (Å²) < 4.78 is 11.1. The Balaban J connectivity index is 2.32. The van der Waals surface area contributed by atoms with Crippen LogP contribution in [0.15, 0.2) is 0 Å². The van der Waals surface area contributed by atoms with Crippen LogP contribution in [0.2, 0.25) is 0 Å². The second-order valence-electron chi connectivity index (χ2n) is 13.4. The van der Waals surface area contributed by atoms with Crippen LogP contribution in [0.5, 0.6) is 0 Å². The van der Waals surface area contributed by atoms with E-state index in [-0.39, 0.29) is 12.5 Å². The molecular formula is C36H71NO8. The summed E-state index contributed by atoms with van der Waals surface area (Å²) >= 11 is 0. The smallest absolute Gasteiger partial charge is 0.220 e. The minimum absolute atomic E-state index is 0.135. The SMILES string of the molecule is CCCCCCCCCCCCCCCCCCC(=O)NC(COC1OC(CO)C(O)C(O)C1O)C(O)CCCCCCCC. The fourth-order valence-electron chi connectivity index (χ4n) is 6.10. The molecular weight excluding hydrogens is 574 g/mol. The molecule has 9 nitrogen and oxygen atoms in total. The molecule has 0 aromatic carbocycles. The van der Waals surface area contributed by atoms with Crippen molar-refractivity contribution in [2.45, 2.75) is 211 Å². The zero-order valence-corrected chi connectivity index (χ0v) is 28.9. The van der Waals surface area contributed by atoms with Gasteiger partial charge in [-0.15, -0.1) is 0 Å². The third kappa shape index (κ3) is 20.2. The first kappa shape index (κ1) is 42.2. The van der Waals surface area contributed by atoms with E-state index in [2.05, 4.69) is 19.2 Å². The van der Waals surface area contributed by atoms with Crippen molar-refractivity contribution in [2.75, 3.05) is 13.2 Å². The molecule has 45 heavy (non-hydrogen) atoms. The van der Waals surface area contributed by atoms with Crippen LogP contribution in [0.3, 0.4) is 0 Å². The van der Waals surface area contributed by atoms with Gasteiger partial charge < -0.3 is 40.3 Å². The Morgan fingerprint density at radius 1 is 0.667 bits per heavy atom. The highest BCUT2D eigenvalue weighted by molar-refractivity contribution is 5.76. The number of nitrogens with one attached hydrogen (secondary N) is 1. The lowest BCUT2D eigenvalue weighted by Gasteiger charge is -2.40. The van der Waals surface area contributed by atoms with Gasteiger partial charge in [0.1, 0.15) is 24.4 Å². The third-order valence-corrected chi connectivity index (χ3v) is 9.21. The van der Waals surface area contributed by atoms with E-state index >= 15 is 0 Å². The van der Waals surface area contributed by atoms with Crippen LogP contribution in [0.25, 0.3) is 0 Å². The highest BCUT2D eigenvalue weighted by Gasteiger charge is 2.44. The Hall–Kier alpha value is -0.810. The molecule has 0 aromatic rings. The second-order valence-corrected chi connectivity index (χ2v) is 13.4. The molecule has 1 aliphatic heterocycles. The molecule has 1 saturated heterocycles. The lowest BCUT2D eigenvalue weighted by atomic mass is 9.99. The van der Waals surface area contributed by atoms with E-state index in [4.69, 9.17) is 9.47 Å². The maximum atomic E-state index is 12.8. The van der Waals surface area contributed by atoms with Gasteiger partial charge in [0.2, 0.25) is 5.91 Å². The van der Waals surface area contributed by atoms with Gasteiger partial charge in [0.15, 0.2) is 6.29 Å². The van der Waals surface area contributed by atoms with Crippen molar-refractivity contribution >= 4 is 5.91 Å². The Morgan fingerprint density at radius 3 is 1.58 bits per heavy atom. The Bertz CT molecular complexity index is 681. The zero-order chi connectivity index (χ0) is 33.1. The fourth-order valence-corrected chi connectivity index (χ4v) is 6.10. The predicted molar refractivity (Wildman–Crippen MR) is 180 cm³/mol. The number of amides is 1. The Kier molecular flexibility index (Phi) is 26.5. The highest BCUT2D eigenvalue weighted by Crippen LogP contribution is 2.23. The largest absolute Gasteiger partial charge is 0.394 e. The predicted octanol–water partition coefficient (Wildman–Crippen LogP) is 6.05. The Morgan fingerprint density at radius 2 is 1.11 bits per heavy atom. The van der Waals surface area contributed by atoms with E-state index in [1.54, 1.807) is 0 Å². The summed E-state index contributed by atoms with van der Waals surface area (Å²) in [6.07, 6.45) is 20.0. The van der Waals surface area contributed by atoms with E-state index in [0.29, 0.717) is 12.8 Å². The second kappa shape index (κ2) is 28.2. The zero-order valence-electron chi connectivity index (χ0n) is 28.9. The van der Waals surface area contributed by atoms with Gasteiger partial charge in [-0.25, -0.2) is 0 Å². The molecule has 0 spiro atoms. The maximum Gasteiger partial charge on any atom is 0.220 e. The molecule has 7 atom stereocenters. The quantitative estimate of drug-likeness (QED) is 0.0517. The van der Waals surface area contributed by atoms with Crippen LogP contribution in [-0.2, 0) is 14.3 Å². The summed E-state index contributed by atoms with van der Waals surface area (Å²) in [5.74, 6) is -0.148. The van der Waals surface area contributed by atoms with E-state index < -0.39 is 49.5 Å². The molecule has 6 N–H and O–H groups in total. The van der Waals surface area contributed by atoms with E-state index in [0.717, 1.165) is 38.5 Å². The first-order chi connectivity index (χ1) is 21.8. The van der Waals surface area contributed by atoms with E-state index in [9.17, 15) is 30.3 Å². The van der Waals surface area contributed by atoms with Gasteiger partial charge in [-0.3, -0.25) is 4.79 Å². The van der Waals surface area contributed by atoms with Gasteiger partial charge in [0.05, 0.1) is 25.4 Å². The number of hydrogen-bond acceptors (Lipinski definition) is 8. The molecule has 1 aliphatic rings. The van der Waals surface area contributed by atoms with Gasteiger partial charge in [-0.2, -0.15) is 0 Å². The van der Waals surface area contributed by atoms with E-state index in [1.165, 1.54) is 103 Å². The average Bonchev–Trinajstić information content (AvgIpc) is 3.04. The number of aliphatic hydroxyl groups excluding tert-OH is 5. The molecule has 9 heteroatoms. The van der Waals surface area contributed by atoms with Crippen molar-refractivity contribution in [3.8, 4) is 0 Å². The number of rotatable bonds is 30. The molecule has 268 valence electrons. The van der Waals surface area contributed by atoms with Gasteiger partial charge >= 0.3 is 0 Å². The molecule has 0 saturated carbocycles. The minimum atomic E-state index is -1.54. The van der Waals surface area contributed by atoms with Gasteiger partial charge in [-0.1, -0.05) is 149 Å². The van der Waals surface area contributed by atoms with Gasteiger partial charge in [0.25, 0.3) is 0 Å². The standard InChI is InChI=1S/C36H71NO8/c1-3-5-7-9-11-12-13-14-15-16-17-18-19-20-22-24-26-32(40)37-29(30(39)25-23-21-10-8-6-4-2)28-44-36-35(43)34(42)33(41)31(27-38)45-36/h29-31,33-36,38-39,41-43H,3-28H2,1-2H3,(H,37,40). The molecule has 1 rings (SSSR count). The van der Waals surface area contributed by atoms with Gasteiger partial charge in [-0.05, 0) is 12.8 Å². The number of unbranched alkanes of at least 4 members (excludes halogenated alkanes) is 20. The van der Waals surface area contributed by atoms with Crippen LogP contribution in [0.4, 0.5) is 0 Å². The first-order valence-electron chi connectivity index (χ1n) is 18.7. The summed E-state index contributed by atoms with van der Waals surface area (Å²) in [6, 6.07) is -0.707. The van der Waals surface area contributed by atoms with Crippen molar-refractivity contribution in [1.29, 1.82) is 0 Å². The molecule has 0 radical (unpaired) electrons. The fraction of sp³-hybridized carbons (Fsp3) is 0.972. The summed E-state index contributed by atoms with van der Waals surface area (Å²) in [6.45, 7) is 3.75. The topological polar surface area (TPSA) is 149 Å². The monoisotopic (exact) mass is 646 g/mol. The van der Waals surface area contributed by atoms with Gasteiger partial charge in [0, 0.05) is 6.42 Å². The molecule has 1 heterocycles. The van der Waals surface area contributed by atoms with Crippen LogP contribution in [0, 0.1) is 0 Å². The molecule has 0 bridgehead atoms. The number of carbonyl (C=O) groups excluding carboxylic acids is 1. The summed E-state index contributed by atoms with van der Waals surface area (Å²) in [5, 5.41) is 53.7.